The summed E-state index contributed by atoms with van der Waals surface area (Å²) in [6.07, 6.45) is -10.2. The van der Waals surface area contributed by atoms with Crippen molar-refractivity contribution < 1.29 is 40.2 Å². The molecule has 2 rings (SSSR count). The Morgan fingerprint density at radius 1 is 1.43 bits per heavy atom. The first kappa shape index (κ1) is 18.4. The van der Waals surface area contributed by atoms with Crippen molar-refractivity contribution in [3.05, 3.63) is 11.1 Å². The molecule has 0 fully saturated rings. The Morgan fingerprint density at radius 3 is 2.43 bits per heavy atom. The quantitative estimate of drug-likeness (QED) is 0.816. The zero-order chi connectivity index (χ0) is 17.8. The van der Waals surface area contributed by atoms with Gasteiger partial charge in [0.25, 0.3) is 5.92 Å². The van der Waals surface area contributed by atoms with Crippen LogP contribution < -0.4 is 4.74 Å². The van der Waals surface area contributed by atoms with Gasteiger partial charge < -0.3 is 9.84 Å². The van der Waals surface area contributed by atoms with Gasteiger partial charge in [-0.15, -0.1) is 0 Å². The average Bonchev–Trinajstić information content (AvgIpc) is 2.81. The van der Waals surface area contributed by atoms with E-state index >= 15 is 0 Å². The summed E-state index contributed by atoms with van der Waals surface area (Å²) in [6, 6.07) is 0. The molecule has 0 saturated carbocycles. The van der Waals surface area contributed by atoms with E-state index < -0.39 is 61.8 Å². The van der Waals surface area contributed by atoms with Crippen LogP contribution in [0.1, 0.15) is 30.6 Å². The number of fused-ring (bicyclic) bond motifs is 1. The molecule has 0 aromatic carbocycles. The first-order valence-electron chi connectivity index (χ1n) is 6.44. The number of alkyl halides is 5. The lowest BCUT2D eigenvalue weighted by Crippen LogP contribution is -2.33. The van der Waals surface area contributed by atoms with Crippen LogP contribution in [0.15, 0.2) is 4.21 Å². The standard InChI is InChI=1S/C12H13F5O4S2/c1-3-6(12(15,16)17)21-9-5-4-11(13,14)8(18)7(5)10(22-9)23(2,19)20/h6,8,18H,3-4H2,1-2H3/t6?,8-/m0/s1. The predicted octanol–water partition coefficient (Wildman–Crippen LogP) is 3.10. The zero-order valence-corrected chi connectivity index (χ0v) is 13.6. The van der Waals surface area contributed by atoms with Crippen molar-refractivity contribution in [3.63, 3.8) is 0 Å². The number of aliphatic hydroxyl groups is 1. The number of hydrogen-bond donors (Lipinski definition) is 1. The van der Waals surface area contributed by atoms with Crippen molar-refractivity contribution in [2.24, 2.45) is 0 Å². The van der Waals surface area contributed by atoms with E-state index in [-0.39, 0.29) is 5.56 Å². The van der Waals surface area contributed by atoms with Crippen LogP contribution in [-0.4, -0.2) is 38.0 Å². The second-order valence-electron chi connectivity index (χ2n) is 5.24. The second-order valence-corrected chi connectivity index (χ2v) is 8.43. The maximum atomic E-state index is 13.6. The van der Waals surface area contributed by atoms with Crippen LogP contribution in [0, 0.1) is 0 Å². The van der Waals surface area contributed by atoms with Gasteiger partial charge in [0.2, 0.25) is 0 Å². The van der Waals surface area contributed by atoms with Crippen molar-refractivity contribution in [1.82, 2.24) is 0 Å². The molecule has 132 valence electrons. The Labute approximate surface area is 132 Å². The number of hydrogen-bond acceptors (Lipinski definition) is 5. The van der Waals surface area contributed by atoms with Gasteiger partial charge in [0, 0.05) is 23.8 Å². The van der Waals surface area contributed by atoms with Crippen LogP contribution in [0.4, 0.5) is 22.0 Å². The highest BCUT2D eigenvalue weighted by atomic mass is 32.2. The molecular formula is C12H13F5O4S2. The van der Waals surface area contributed by atoms with Gasteiger partial charge >= 0.3 is 6.18 Å². The van der Waals surface area contributed by atoms with Crippen LogP contribution in [-0.2, 0) is 16.3 Å². The number of thiophene rings is 1. The predicted molar refractivity (Wildman–Crippen MR) is 71.8 cm³/mol. The highest BCUT2D eigenvalue weighted by molar-refractivity contribution is 7.92. The minimum atomic E-state index is -4.73. The molecule has 1 aromatic rings. The number of sulfone groups is 1. The van der Waals surface area contributed by atoms with E-state index in [1.165, 1.54) is 6.92 Å². The van der Waals surface area contributed by atoms with Crippen LogP contribution in [0.2, 0.25) is 0 Å². The molecule has 0 saturated heterocycles. The normalized spacial score (nSPS) is 22.0. The van der Waals surface area contributed by atoms with Crippen molar-refractivity contribution in [2.75, 3.05) is 6.26 Å². The van der Waals surface area contributed by atoms with Gasteiger partial charge in [0.1, 0.15) is 10.3 Å². The third-order valence-electron chi connectivity index (χ3n) is 3.38. The Kier molecular flexibility index (Phi) is 4.44. The number of halogens is 5. The summed E-state index contributed by atoms with van der Waals surface area (Å²) in [4.78, 5) is 0. The lowest BCUT2D eigenvalue weighted by Gasteiger charge is -2.20. The van der Waals surface area contributed by atoms with E-state index in [2.05, 4.69) is 0 Å². The summed E-state index contributed by atoms with van der Waals surface area (Å²) in [5, 5.41) is 9.09. The molecule has 1 aliphatic carbocycles. The maximum Gasteiger partial charge on any atom is 0.425 e. The molecule has 0 amide bonds. The molecule has 0 spiro atoms. The first-order chi connectivity index (χ1) is 10.3. The average molecular weight is 380 g/mol. The Morgan fingerprint density at radius 2 is 2.00 bits per heavy atom. The Balaban J connectivity index is 2.55. The lowest BCUT2D eigenvalue weighted by atomic mass is 10.2. The van der Waals surface area contributed by atoms with E-state index in [4.69, 9.17) is 4.74 Å². The Hall–Kier alpha value is -0.940. The molecule has 1 unspecified atom stereocenters. The fourth-order valence-corrected chi connectivity index (χ4v) is 4.75. The molecule has 0 aliphatic heterocycles. The summed E-state index contributed by atoms with van der Waals surface area (Å²) in [5.41, 5.74) is -0.940. The third-order valence-corrected chi connectivity index (χ3v) is 6.37. The SMILES string of the molecule is CCC(Oc1sc(S(C)(=O)=O)c2c1CC(F)(F)[C@H]2O)C(F)(F)F. The summed E-state index contributed by atoms with van der Waals surface area (Å²) < 4.78 is 93.2. The molecule has 1 heterocycles. The van der Waals surface area contributed by atoms with Crippen LogP contribution in [0.25, 0.3) is 0 Å². The highest BCUT2D eigenvalue weighted by Gasteiger charge is 2.52. The van der Waals surface area contributed by atoms with Gasteiger partial charge in [-0.25, -0.2) is 17.2 Å². The third kappa shape index (κ3) is 3.31. The van der Waals surface area contributed by atoms with Crippen LogP contribution >= 0.6 is 11.3 Å². The molecule has 23 heavy (non-hydrogen) atoms. The minimum Gasteiger partial charge on any atom is -0.471 e. The van der Waals surface area contributed by atoms with E-state index in [0.29, 0.717) is 11.3 Å². The molecule has 4 nitrogen and oxygen atoms in total. The van der Waals surface area contributed by atoms with Crippen molar-refractivity contribution >= 4 is 21.2 Å². The molecule has 0 bridgehead atoms. The smallest absolute Gasteiger partial charge is 0.425 e. The van der Waals surface area contributed by atoms with Gasteiger partial charge in [-0.2, -0.15) is 13.2 Å². The number of aliphatic hydroxyl groups excluding tert-OH is 1. The van der Waals surface area contributed by atoms with Gasteiger partial charge in [-0.3, -0.25) is 0 Å². The topological polar surface area (TPSA) is 63.6 Å². The number of rotatable bonds is 4. The summed E-state index contributed by atoms with van der Waals surface area (Å²) in [6.45, 7) is 1.20. The van der Waals surface area contributed by atoms with Crippen molar-refractivity contribution in [1.29, 1.82) is 0 Å². The second kappa shape index (κ2) is 5.55. The Bertz CT molecular complexity index is 708. The van der Waals surface area contributed by atoms with Crippen LogP contribution in [0.5, 0.6) is 5.06 Å². The lowest BCUT2D eigenvalue weighted by molar-refractivity contribution is -0.195. The molecular weight excluding hydrogens is 367 g/mol. The molecule has 0 radical (unpaired) electrons. The van der Waals surface area contributed by atoms with Gasteiger partial charge in [0.05, 0.1) is 0 Å². The largest absolute Gasteiger partial charge is 0.471 e. The first-order valence-corrected chi connectivity index (χ1v) is 9.14. The fraction of sp³-hybridized carbons (Fsp3) is 0.667. The monoisotopic (exact) mass is 380 g/mol. The summed E-state index contributed by atoms with van der Waals surface area (Å²) in [5.74, 6) is -3.66. The fourth-order valence-electron chi connectivity index (χ4n) is 2.30. The molecule has 1 aliphatic rings. The summed E-state index contributed by atoms with van der Waals surface area (Å²) in [7, 11) is -4.00. The summed E-state index contributed by atoms with van der Waals surface area (Å²) >= 11 is 0.330. The van der Waals surface area contributed by atoms with Gasteiger partial charge in [-0.05, 0) is 6.42 Å². The molecule has 2 atom stereocenters. The van der Waals surface area contributed by atoms with Crippen molar-refractivity contribution in [3.8, 4) is 5.06 Å². The van der Waals surface area contributed by atoms with Gasteiger partial charge in [0.15, 0.2) is 21.0 Å². The van der Waals surface area contributed by atoms with Crippen molar-refractivity contribution in [2.45, 2.75) is 48.3 Å². The van der Waals surface area contributed by atoms with E-state index in [0.717, 1.165) is 6.26 Å². The minimum absolute atomic E-state index is 0.330. The van der Waals surface area contributed by atoms with E-state index in [9.17, 15) is 35.5 Å². The van der Waals surface area contributed by atoms with Crippen LogP contribution in [0.3, 0.4) is 0 Å². The van der Waals surface area contributed by atoms with E-state index in [1.807, 2.05) is 0 Å². The number of ether oxygens (including phenoxy) is 1. The zero-order valence-electron chi connectivity index (χ0n) is 11.9. The van der Waals surface area contributed by atoms with E-state index in [1.54, 1.807) is 0 Å². The maximum absolute atomic E-state index is 13.6. The van der Waals surface area contributed by atoms with Gasteiger partial charge in [-0.1, -0.05) is 18.3 Å². The molecule has 1 aromatic heterocycles. The highest BCUT2D eigenvalue weighted by Crippen LogP contribution is 2.53. The molecule has 11 heteroatoms. The molecule has 1 N–H and O–H groups in total.